The molecule has 0 bridgehead atoms. The first kappa shape index (κ1) is 10.5. The Balaban J connectivity index is 2.53. The number of benzene rings is 1. The van der Waals surface area contributed by atoms with Gasteiger partial charge in [0.05, 0.1) is 19.7 Å². The summed E-state index contributed by atoms with van der Waals surface area (Å²) in [4.78, 5) is 16.2. The molecule has 1 heterocycles. The highest BCUT2D eigenvalue weighted by Gasteiger charge is 2.10. The van der Waals surface area contributed by atoms with Gasteiger partial charge in [-0.25, -0.2) is 10.3 Å². The fourth-order valence-corrected chi connectivity index (χ4v) is 1.63. The third kappa shape index (κ3) is 1.61. The van der Waals surface area contributed by atoms with E-state index in [0.29, 0.717) is 0 Å². The summed E-state index contributed by atoms with van der Waals surface area (Å²) in [6.45, 7) is 0. The zero-order chi connectivity index (χ0) is 11.5. The van der Waals surface area contributed by atoms with Crippen LogP contribution in [0.4, 0.5) is 4.79 Å². The number of rotatable bonds is 2. The highest BCUT2D eigenvalue weighted by atomic mass is 16.6. The van der Waals surface area contributed by atoms with Crippen LogP contribution in [0.3, 0.4) is 0 Å². The van der Waals surface area contributed by atoms with Gasteiger partial charge in [-0.1, -0.05) is 6.07 Å². The summed E-state index contributed by atoms with van der Waals surface area (Å²) in [5.41, 5.74) is 3.03. The minimum absolute atomic E-state index is 0.342. The number of methoxy groups -OCH3 is 1. The Labute approximate surface area is 92.5 Å². The van der Waals surface area contributed by atoms with Crippen LogP contribution in [0.2, 0.25) is 0 Å². The van der Waals surface area contributed by atoms with Crippen molar-refractivity contribution in [3.05, 3.63) is 30.5 Å². The number of fused-ring (bicyclic) bond motifs is 1. The largest absolute Gasteiger partial charge is 0.496 e. The van der Waals surface area contributed by atoms with E-state index in [4.69, 9.17) is 4.74 Å². The van der Waals surface area contributed by atoms with Crippen molar-refractivity contribution in [2.24, 2.45) is 0 Å². The number of amides is 1. The van der Waals surface area contributed by atoms with E-state index in [9.17, 15) is 4.79 Å². The maximum absolute atomic E-state index is 11.6. The fraction of sp³-hybridized carbons (Fsp3) is 0.182. The van der Waals surface area contributed by atoms with Gasteiger partial charge in [0, 0.05) is 11.6 Å². The van der Waals surface area contributed by atoms with Gasteiger partial charge in [0.15, 0.2) is 0 Å². The Kier molecular flexibility index (Phi) is 2.78. The number of nitrogens with one attached hydrogen (secondary N) is 1. The molecular formula is C11H12N2O3. The summed E-state index contributed by atoms with van der Waals surface area (Å²) < 4.78 is 6.66. The molecule has 0 radical (unpaired) electrons. The van der Waals surface area contributed by atoms with Crippen LogP contribution in [-0.2, 0) is 4.84 Å². The third-order valence-corrected chi connectivity index (χ3v) is 2.32. The van der Waals surface area contributed by atoms with Crippen molar-refractivity contribution >= 4 is 16.9 Å². The van der Waals surface area contributed by atoms with Gasteiger partial charge >= 0.3 is 6.03 Å². The Bertz CT molecular complexity index is 519. The van der Waals surface area contributed by atoms with Gasteiger partial charge in [-0.05, 0) is 18.2 Å². The monoisotopic (exact) mass is 220 g/mol. The standard InChI is InChI=1S/C11H12N2O3/c1-15-10-5-3-4-9-8(10)6-7-13(9)11(14)12-16-2/h3-7H,1-2H3,(H,12,14). The van der Waals surface area contributed by atoms with Crippen molar-refractivity contribution < 1.29 is 14.4 Å². The first-order valence-electron chi connectivity index (χ1n) is 4.75. The fourth-order valence-electron chi connectivity index (χ4n) is 1.63. The molecule has 0 fully saturated rings. The SMILES string of the molecule is CONC(=O)n1ccc2c(OC)cccc21. The summed E-state index contributed by atoms with van der Waals surface area (Å²) in [6, 6.07) is 7.00. The lowest BCUT2D eigenvalue weighted by Crippen LogP contribution is -2.26. The molecule has 1 amide bonds. The van der Waals surface area contributed by atoms with Crippen LogP contribution in [0.1, 0.15) is 0 Å². The number of carbonyl (C=O) groups excluding carboxylic acids is 1. The lowest BCUT2D eigenvalue weighted by molar-refractivity contribution is 0.109. The number of hydroxylamine groups is 1. The average Bonchev–Trinajstić information content (AvgIpc) is 2.72. The maximum Gasteiger partial charge on any atom is 0.349 e. The summed E-state index contributed by atoms with van der Waals surface area (Å²) >= 11 is 0. The van der Waals surface area contributed by atoms with E-state index in [-0.39, 0.29) is 6.03 Å². The topological polar surface area (TPSA) is 52.5 Å². The molecule has 5 heteroatoms. The third-order valence-electron chi connectivity index (χ3n) is 2.32. The second kappa shape index (κ2) is 4.24. The number of aromatic nitrogens is 1. The van der Waals surface area contributed by atoms with Crippen molar-refractivity contribution in [2.75, 3.05) is 14.2 Å². The Hall–Kier alpha value is -2.01. The number of ether oxygens (including phenoxy) is 1. The smallest absolute Gasteiger partial charge is 0.349 e. The van der Waals surface area contributed by atoms with Crippen LogP contribution in [0.5, 0.6) is 5.75 Å². The highest BCUT2D eigenvalue weighted by Crippen LogP contribution is 2.25. The lowest BCUT2D eigenvalue weighted by atomic mass is 10.2. The minimum atomic E-state index is -0.342. The van der Waals surface area contributed by atoms with Crippen LogP contribution in [0, 0.1) is 0 Å². The molecular weight excluding hydrogens is 208 g/mol. The second-order valence-corrected chi connectivity index (χ2v) is 3.19. The Morgan fingerprint density at radius 2 is 2.12 bits per heavy atom. The summed E-state index contributed by atoms with van der Waals surface area (Å²) in [5, 5.41) is 0.885. The molecule has 0 aliphatic heterocycles. The van der Waals surface area contributed by atoms with Gasteiger partial charge in [0.2, 0.25) is 0 Å². The first-order valence-corrected chi connectivity index (χ1v) is 4.75. The van der Waals surface area contributed by atoms with Gasteiger partial charge in [-0.2, -0.15) is 0 Å². The summed E-state index contributed by atoms with van der Waals surface area (Å²) in [7, 11) is 2.99. The Morgan fingerprint density at radius 1 is 1.31 bits per heavy atom. The van der Waals surface area contributed by atoms with Crippen LogP contribution in [-0.4, -0.2) is 24.8 Å². The van der Waals surface area contributed by atoms with E-state index >= 15 is 0 Å². The normalized spacial score (nSPS) is 10.4. The molecule has 2 rings (SSSR count). The lowest BCUT2D eigenvalue weighted by Gasteiger charge is -2.05. The highest BCUT2D eigenvalue weighted by molar-refractivity contribution is 5.94. The van der Waals surface area contributed by atoms with Gasteiger partial charge in [0.25, 0.3) is 0 Å². The Morgan fingerprint density at radius 3 is 2.81 bits per heavy atom. The van der Waals surface area contributed by atoms with E-state index in [2.05, 4.69) is 10.3 Å². The maximum atomic E-state index is 11.6. The van der Waals surface area contributed by atoms with E-state index in [1.54, 1.807) is 13.3 Å². The molecule has 5 nitrogen and oxygen atoms in total. The van der Waals surface area contributed by atoms with Gasteiger partial charge in [0.1, 0.15) is 5.75 Å². The molecule has 0 saturated carbocycles. The molecule has 1 aromatic carbocycles. The minimum Gasteiger partial charge on any atom is -0.496 e. The van der Waals surface area contributed by atoms with Crippen molar-refractivity contribution in [2.45, 2.75) is 0 Å². The molecule has 0 aliphatic carbocycles. The second-order valence-electron chi connectivity index (χ2n) is 3.19. The van der Waals surface area contributed by atoms with Crippen LogP contribution in [0.15, 0.2) is 30.5 Å². The van der Waals surface area contributed by atoms with Crippen molar-refractivity contribution in [1.82, 2.24) is 10.0 Å². The van der Waals surface area contributed by atoms with Crippen molar-refractivity contribution in [1.29, 1.82) is 0 Å². The predicted octanol–water partition coefficient (Wildman–Crippen LogP) is 1.77. The van der Waals surface area contributed by atoms with E-state index < -0.39 is 0 Å². The molecule has 1 N–H and O–H groups in total. The average molecular weight is 220 g/mol. The molecule has 0 atom stereocenters. The van der Waals surface area contributed by atoms with Crippen molar-refractivity contribution in [3.8, 4) is 5.75 Å². The molecule has 0 unspecified atom stereocenters. The quantitative estimate of drug-likeness (QED) is 0.785. The van der Waals surface area contributed by atoms with Gasteiger partial charge < -0.3 is 4.74 Å². The van der Waals surface area contributed by atoms with Crippen LogP contribution < -0.4 is 10.2 Å². The van der Waals surface area contributed by atoms with Crippen molar-refractivity contribution in [3.63, 3.8) is 0 Å². The zero-order valence-corrected chi connectivity index (χ0v) is 9.06. The van der Waals surface area contributed by atoms with E-state index in [1.165, 1.54) is 11.7 Å². The molecule has 0 saturated heterocycles. The van der Waals surface area contributed by atoms with Gasteiger partial charge in [-0.3, -0.25) is 9.40 Å². The number of hydrogen-bond donors (Lipinski definition) is 1. The molecule has 84 valence electrons. The molecule has 0 spiro atoms. The number of carbonyl (C=O) groups is 1. The number of nitrogens with zero attached hydrogens (tertiary/aromatic N) is 1. The molecule has 0 aliphatic rings. The molecule has 1 aromatic heterocycles. The van der Waals surface area contributed by atoms with Crippen LogP contribution in [0.25, 0.3) is 10.9 Å². The molecule has 16 heavy (non-hydrogen) atoms. The van der Waals surface area contributed by atoms with Gasteiger partial charge in [-0.15, -0.1) is 0 Å². The van der Waals surface area contributed by atoms with Crippen LogP contribution >= 0.6 is 0 Å². The zero-order valence-electron chi connectivity index (χ0n) is 9.06. The predicted molar refractivity (Wildman–Crippen MR) is 59.4 cm³/mol. The molecule has 2 aromatic rings. The van der Waals surface area contributed by atoms with E-state index in [0.717, 1.165) is 16.7 Å². The first-order chi connectivity index (χ1) is 7.77. The van der Waals surface area contributed by atoms with E-state index in [1.807, 2.05) is 24.3 Å². The number of hydrogen-bond acceptors (Lipinski definition) is 3. The summed E-state index contributed by atoms with van der Waals surface area (Å²) in [5.74, 6) is 0.737. The summed E-state index contributed by atoms with van der Waals surface area (Å²) in [6.07, 6.45) is 1.67.